The molecule has 1 aliphatic rings. The van der Waals surface area contributed by atoms with Gasteiger partial charge in [0.1, 0.15) is 0 Å². The van der Waals surface area contributed by atoms with Crippen LogP contribution in [0.1, 0.15) is 10.4 Å². The van der Waals surface area contributed by atoms with E-state index in [1.165, 1.54) is 11.9 Å². The Hall–Kier alpha value is -3.13. The third kappa shape index (κ3) is 4.71. The summed E-state index contributed by atoms with van der Waals surface area (Å²) in [5, 5.41) is 6.94. The first-order valence-electron chi connectivity index (χ1n) is 9.77. The van der Waals surface area contributed by atoms with E-state index in [0.717, 1.165) is 23.2 Å². The van der Waals surface area contributed by atoms with Gasteiger partial charge in [0.15, 0.2) is 0 Å². The van der Waals surface area contributed by atoms with Gasteiger partial charge >= 0.3 is 0 Å². The largest absolute Gasteiger partial charge is 0.368 e. The van der Waals surface area contributed by atoms with Crippen LogP contribution in [0.4, 0.5) is 5.69 Å². The number of amides is 2. The van der Waals surface area contributed by atoms with E-state index >= 15 is 0 Å². The van der Waals surface area contributed by atoms with Gasteiger partial charge in [-0.05, 0) is 36.4 Å². The van der Waals surface area contributed by atoms with E-state index in [-0.39, 0.29) is 18.4 Å². The van der Waals surface area contributed by atoms with E-state index in [1.807, 2.05) is 42.5 Å². The molecule has 1 aromatic heterocycles. The third-order valence-electron chi connectivity index (χ3n) is 5.09. The van der Waals surface area contributed by atoms with Crippen molar-refractivity contribution in [3.05, 3.63) is 77.0 Å². The second-order valence-electron chi connectivity index (χ2n) is 7.04. The number of halogens is 1. The molecule has 30 heavy (non-hydrogen) atoms. The lowest BCUT2D eigenvalue weighted by Gasteiger charge is -2.36. The molecule has 0 spiro atoms. The molecule has 7 nitrogen and oxygen atoms in total. The summed E-state index contributed by atoms with van der Waals surface area (Å²) in [6.45, 7) is 2.83. The summed E-state index contributed by atoms with van der Waals surface area (Å²) in [7, 11) is 0. The summed E-state index contributed by atoms with van der Waals surface area (Å²) in [4.78, 5) is 29.0. The maximum atomic E-state index is 12.5. The van der Waals surface area contributed by atoms with Crippen molar-refractivity contribution in [2.75, 3.05) is 37.6 Å². The molecule has 154 valence electrons. The molecule has 1 fully saturated rings. The SMILES string of the molecule is O=C(NCC(=O)N1CCN(c2ccccc2)CC1)c1cnn(-c2ccc(Br)cc2)c1. The second kappa shape index (κ2) is 9.13. The maximum Gasteiger partial charge on any atom is 0.254 e. The van der Waals surface area contributed by atoms with Crippen LogP contribution < -0.4 is 10.2 Å². The summed E-state index contributed by atoms with van der Waals surface area (Å²) < 4.78 is 2.60. The summed E-state index contributed by atoms with van der Waals surface area (Å²) in [6.07, 6.45) is 3.15. The van der Waals surface area contributed by atoms with E-state index in [4.69, 9.17) is 0 Å². The number of para-hydroxylation sites is 1. The molecule has 2 aromatic carbocycles. The Kier molecular flexibility index (Phi) is 6.13. The third-order valence-corrected chi connectivity index (χ3v) is 5.62. The number of nitrogens with zero attached hydrogens (tertiary/aromatic N) is 4. The number of carbonyl (C=O) groups is 2. The Bertz CT molecular complexity index is 1010. The summed E-state index contributed by atoms with van der Waals surface area (Å²) in [5.74, 6) is -0.383. The Morgan fingerprint density at radius 1 is 0.933 bits per heavy atom. The average Bonchev–Trinajstić information content (AvgIpc) is 3.29. The van der Waals surface area contributed by atoms with Crippen LogP contribution in [-0.4, -0.2) is 59.2 Å². The first-order chi connectivity index (χ1) is 14.6. The molecular formula is C22H22BrN5O2. The molecule has 0 radical (unpaired) electrons. The van der Waals surface area contributed by atoms with E-state index < -0.39 is 0 Å². The molecule has 1 N–H and O–H groups in total. The van der Waals surface area contributed by atoms with Crippen LogP contribution in [0.5, 0.6) is 0 Å². The zero-order valence-electron chi connectivity index (χ0n) is 16.4. The van der Waals surface area contributed by atoms with Crippen LogP contribution >= 0.6 is 15.9 Å². The van der Waals surface area contributed by atoms with E-state index in [9.17, 15) is 9.59 Å². The van der Waals surface area contributed by atoms with Crippen LogP contribution in [0.15, 0.2) is 71.5 Å². The number of anilines is 1. The topological polar surface area (TPSA) is 70.5 Å². The number of nitrogens with one attached hydrogen (secondary N) is 1. The Balaban J connectivity index is 1.27. The van der Waals surface area contributed by atoms with Crippen LogP contribution in [0, 0.1) is 0 Å². The predicted octanol–water partition coefficient (Wildman–Crippen LogP) is 2.71. The molecule has 4 rings (SSSR count). The zero-order valence-corrected chi connectivity index (χ0v) is 18.0. The van der Waals surface area contributed by atoms with Gasteiger partial charge in [-0.2, -0.15) is 5.10 Å². The Labute approximate surface area is 183 Å². The minimum atomic E-state index is -0.311. The molecule has 0 bridgehead atoms. The highest BCUT2D eigenvalue weighted by molar-refractivity contribution is 9.10. The highest BCUT2D eigenvalue weighted by Gasteiger charge is 2.21. The van der Waals surface area contributed by atoms with Gasteiger partial charge in [0.25, 0.3) is 5.91 Å². The number of rotatable bonds is 5. The van der Waals surface area contributed by atoms with Gasteiger partial charge < -0.3 is 15.1 Å². The van der Waals surface area contributed by atoms with Gasteiger partial charge in [-0.1, -0.05) is 34.1 Å². The van der Waals surface area contributed by atoms with Gasteiger partial charge in [-0.25, -0.2) is 4.68 Å². The smallest absolute Gasteiger partial charge is 0.254 e. The van der Waals surface area contributed by atoms with Crippen LogP contribution in [0.2, 0.25) is 0 Å². The van der Waals surface area contributed by atoms with Gasteiger partial charge in [0, 0.05) is 42.5 Å². The lowest BCUT2D eigenvalue weighted by molar-refractivity contribution is -0.130. The fourth-order valence-electron chi connectivity index (χ4n) is 3.40. The van der Waals surface area contributed by atoms with Crippen molar-refractivity contribution in [1.29, 1.82) is 0 Å². The highest BCUT2D eigenvalue weighted by Crippen LogP contribution is 2.16. The quantitative estimate of drug-likeness (QED) is 0.626. The maximum absolute atomic E-state index is 12.5. The Morgan fingerprint density at radius 2 is 1.63 bits per heavy atom. The van der Waals surface area contributed by atoms with E-state index in [1.54, 1.807) is 15.8 Å². The molecule has 1 saturated heterocycles. The minimum absolute atomic E-state index is 0.0202. The first-order valence-corrected chi connectivity index (χ1v) is 10.6. The Morgan fingerprint density at radius 3 is 2.33 bits per heavy atom. The van der Waals surface area contributed by atoms with Crippen LogP contribution in [0.3, 0.4) is 0 Å². The second-order valence-corrected chi connectivity index (χ2v) is 7.95. The molecule has 0 unspecified atom stereocenters. The number of benzene rings is 2. The van der Waals surface area contributed by atoms with Crippen molar-refractivity contribution in [3.8, 4) is 5.69 Å². The van der Waals surface area contributed by atoms with E-state index in [2.05, 4.69) is 43.4 Å². The number of piperazine rings is 1. The van der Waals surface area contributed by atoms with Crippen molar-refractivity contribution < 1.29 is 9.59 Å². The highest BCUT2D eigenvalue weighted by atomic mass is 79.9. The van der Waals surface area contributed by atoms with Gasteiger partial charge in [-0.15, -0.1) is 0 Å². The molecule has 0 atom stereocenters. The van der Waals surface area contributed by atoms with Gasteiger partial charge in [0.2, 0.25) is 5.91 Å². The minimum Gasteiger partial charge on any atom is -0.368 e. The molecule has 2 amide bonds. The molecule has 2 heterocycles. The van der Waals surface area contributed by atoms with Crippen LogP contribution in [-0.2, 0) is 4.79 Å². The van der Waals surface area contributed by atoms with Crippen molar-refractivity contribution in [1.82, 2.24) is 20.0 Å². The van der Waals surface area contributed by atoms with Crippen molar-refractivity contribution >= 4 is 33.4 Å². The molecule has 3 aromatic rings. The van der Waals surface area contributed by atoms with Crippen LogP contribution in [0.25, 0.3) is 5.69 Å². The number of hydrogen-bond donors (Lipinski definition) is 1. The average molecular weight is 468 g/mol. The fourth-order valence-corrected chi connectivity index (χ4v) is 3.66. The first kappa shape index (κ1) is 20.2. The van der Waals surface area contributed by atoms with Crippen molar-refractivity contribution in [3.63, 3.8) is 0 Å². The van der Waals surface area contributed by atoms with Gasteiger partial charge in [-0.3, -0.25) is 9.59 Å². The van der Waals surface area contributed by atoms with E-state index in [0.29, 0.717) is 18.7 Å². The number of aromatic nitrogens is 2. The van der Waals surface area contributed by atoms with Crippen molar-refractivity contribution in [2.24, 2.45) is 0 Å². The molecular weight excluding hydrogens is 446 g/mol. The monoisotopic (exact) mass is 467 g/mol. The predicted molar refractivity (Wildman–Crippen MR) is 119 cm³/mol. The summed E-state index contributed by atoms with van der Waals surface area (Å²) in [6, 6.07) is 17.8. The fraction of sp³-hybridized carbons (Fsp3) is 0.227. The molecule has 1 aliphatic heterocycles. The summed E-state index contributed by atoms with van der Waals surface area (Å²) >= 11 is 3.40. The summed E-state index contributed by atoms with van der Waals surface area (Å²) in [5.41, 5.74) is 2.44. The molecule has 0 aliphatic carbocycles. The normalized spacial score (nSPS) is 13.9. The van der Waals surface area contributed by atoms with Gasteiger partial charge in [0.05, 0.1) is 24.0 Å². The lowest BCUT2D eigenvalue weighted by Crippen LogP contribution is -2.51. The standard InChI is InChI=1S/C22H22BrN5O2/c23-18-6-8-20(9-7-18)28-16-17(14-25-28)22(30)24-15-21(29)27-12-10-26(11-13-27)19-4-2-1-3-5-19/h1-9,14,16H,10-13,15H2,(H,24,30). The molecule has 8 heteroatoms. The molecule has 0 saturated carbocycles. The number of hydrogen-bond acceptors (Lipinski definition) is 4. The zero-order chi connectivity index (χ0) is 20.9. The number of carbonyl (C=O) groups excluding carboxylic acids is 2. The lowest BCUT2D eigenvalue weighted by atomic mass is 10.2. The van der Waals surface area contributed by atoms with Crippen molar-refractivity contribution in [2.45, 2.75) is 0 Å².